The number of hydrogen-bond acceptors (Lipinski definition) is 10. The summed E-state index contributed by atoms with van der Waals surface area (Å²) in [6, 6.07) is 3.38. The molecular weight excluding hydrogens is 374 g/mol. The van der Waals surface area contributed by atoms with E-state index in [2.05, 4.69) is 15.5 Å². The lowest BCUT2D eigenvalue weighted by atomic mass is 10.2. The molecule has 11 heteroatoms. The van der Waals surface area contributed by atoms with E-state index in [1.54, 1.807) is 0 Å². The van der Waals surface area contributed by atoms with Crippen LogP contribution in [0.25, 0.3) is 0 Å². The van der Waals surface area contributed by atoms with E-state index in [0.29, 0.717) is 0 Å². The number of nitrogens with zero attached hydrogens (tertiary/aromatic N) is 2. The molecule has 2 aromatic rings. The summed E-state index contributed by atoms with van der Waals surface area (Å²) in [7, 11) is 0. The quantitative estimate of drug-likeness (QED) is 0.189. The Hall–Kier alpha value is -3.99. The molecule has 0 aliphatic carbocycles. The first-order valence-electron chi connectivity index (χ1n) is 7.71. The summed E-state index contributed by atoms with van der Waals surface area (Å²) in [5.41, 5.74) is 2.06. The average molecular weight is 391 g/mol. The molecular formula is C17H17N3O8. The highest BCUT2D eigenvalue weighted by Gasteiger charge is 2.16. The number of nitrogens with one attached hydrogen (secondary N) is 1. The zero-order valence-corrected chi connectivity index (χ0v) is 14.2. The van der Waals surface area contributed by atoms with Crippen molar-refractivity contribution in [2.75, 3.05) is 6.61 Å². The number of amides is 1. The Morgan fingerprint density at radius 2 is 1.36 bits per heavy atom. The van der Waals surface area contributed by atoms with E-state index < -0.39 is 53.1 Å². The molecule has 0 heterocycles. The molecule has 0 aliphatic rings. The molecule has 0 aromatic heterocycles. The van der Waals surface area contributed by atoms with Gasteiger partial charge in [-0.15, -0.1) is 0 Å². The summed E-state index contributed by atoms with van der Waals surface area (Å²) < 4.78 is 0. The summed E-state index contributed by atoms with van der Waals surface area (Å²) in [5, 5.41) is 69.5. The van der Waals surface area contributed by atoms with Gasteiger partial charge in [0.1, 0.15) is 0 Å². The smallest absolute Gasteiger partial charge is 0.267 e. The number of hydrogen-bond donors (Lipinski definition) is 8. The third kappa shape index (κ3) is 4.40. The van der Waals surface area contributed by atoms with Crippen LogP contribution in [0.2, 0.25) is 0 Å². The normalized spacial score (nSPS) is 12.5. The van der Waals surface area contributed by atoms with Crippen molar-refractivity contribution in [3.63, 3.8) is 0 Å². The Balaban J connectivity index is 2.08. The van der Waals surface area contributed by atoms with Crippen molar-refractivity contribution in [3.05, 3.63) is 35.4 Å². The van der Waals surface area contributed by atoms with Crippen molar-refractivity contribution < 1.29 is 40.5 Å². The molecule has 148 valence electrons. The van der Waals surface area contributed by atoms with Gasteiger partial charge in [0.15, 0.2) is 29.0 Å². The van der Waals surface area contributed by atoms with Crippen molar-refractivity contribution >= 4 is 18.3 Å². The number of carbonyl (C=O) groups is 1. The molecule has 0 aliphatic heterocycles. The second-order valence-electron chi connectivity index (χ2n) is 5.45. The molecule has 1 amide bonds. The van der Waals surface area contributed by atoms with Crippen molar-refractivity contribution in [3.8, 4) is 34.5 Å². The molecule has 28 heavy (non-hydrogen) atoms. The standard InChI is InChI=1S/C17H17N3O8/c21-7-10(18-5-8-1-3-11(22)15(26)13(8)24)17(28)20-19-6-9-2-4-12(23)16(27)14(9)25/h1-6,10,21-27H,7H2,(H,20,28)/b18-5?,19-6+. The van der Waals surface area contributed by atoms with Crippen LogP contribution in [-0.2, 0) is 4.79 Å². The van der Waals surface area contributed by atoms with Gasteiger partial charge in [-0.2, -0.15) is 5.10 Å². The predicted octanol–water partition coefficient (Wildman–Crippen LogP) is -0.150. The third-order valence-corrected chi connectivity index (χ3v) is 3.57. The fourth-order valence-electron chi connectivity index (χ4n) is 1.99. The van der Waals surface area contributed by atoms with Gasteiger partial charge < -0.3 is 35.7 Å². The molecule has 0 spiro atoms. The van der Waals surface area contributed by atoms with Crippen LogP contribution < -0.4 is 5.43 Å². The average Bonchev–Trinajstić information content (AvgIpc) is 2.68. The van der Waals surface area contributed by atoms with Gasteiger partial charge in [-0.05, 0) is 24.3 Å². The molecule has 0 saturated carbocycles. The summed E-state index contributed by atoms with van der Waals surface area (Å²) in [4.78, 5) is 15.8. The van der Waals surface area contributed by atoms with Gasteiger partial charge in [0.2, 0.25) is 11.5 Å². The first kappa shape index (κ1) is 20.3. The minimum Gasteiger partial charge on any atom is -0.504 e. The van der Waals surface area contributed by atoms with E-state index in [-0.39, 0.29) is 11.1 Å². The molecule has 2 aromatic carbocycles. The van der Waals surface area contributed by atoms with Gasteiger partial charge in [-0.1, -0.05) is 0 Å². The number of hydrazone groups is 1. The summed E-state index contributed by atoms with van der Waals surface area (Å²) >= 11 is 0. The maximum atomic E-state index is 12.0. The number of aliphatic hydroxyl groups is 1. The van der Waals surface area contributed by atoms with Crippen LogP contribution in [0.3, 0.4) is 0 Å². The maximum absolute atomic E-state index is 12.0. The Morgan fingerprint density at radius 1 is 0.857 bits per heavy atom. The Kier molecular flexibility index (Phi) is 6.24. The SMILES string of the molecule is O=C(N/N=C/c1ccc(O)c(O)c1O)C(CO)N=Cc1ccc(O)c(O)c1O. The Bertz CT molecular complexity index is 942. The number of benzene rings is 2. The van der Waals surface area contributed by atoms with Gasteiger partial charge in [-0.3, -0.25) is 9.79 Å². The highest BCUT2D eigenvalue weighted by molar-refractivity contribution is 5.91. The van der Waals surface area contributed by atoms with Gasteiger partial charge in [0.25, 0.3) is 5.91 Å². The third-order valence-electron chi connectivity index (χ3n) is 3.57. The van der Waals surface area contributed by atoms with Crippen LogP contribution in [0.1, 0.15) is 11.1 Å². The van der Waals surface area contributed by atoms with Crippen molar-refractivity contribution in [1.29, 1.82) is 0 Å². The van der Waals surface area contributed by atoms with Crippen molar-refractivity contribution in [2.24, 2.45) is 10.1 Å². The summed E-state index contributed by atoms with van der Waals surface area (Å²) in [6.07, 6.45) is 2.01. The number of carbonyl (C=O) groups excluding carboxylic acids is 1. The van der Waals surface area contributed by atoms with E-state index >= 15 is 0 Å². The number of phenols is 6. The highest BCUT2D eigenvalue weighted by Crippen LogP contribution is 2.37. The summed E-state index contributed by atoms with van der Waals surface area (Å²) in [6.45, 7) is -0.700. The van der Waals surface area contributed by atoms with Crippen molar-refractivity contribution in [1.82, 2.24) is 5.43 Å². The zero-order chi connectivity index (χ0) is 20.8. The molecule has 1 atom stereocenters. The lowest BCUT2D eigenvalue weighted by Crippen LogP contribution is -2.33. The van der Waals surface area contributed by atoms with Crippen LogP contribution in [-0.4, -0.2) is 66.7 Å². The molecule has 0 bridgehead atoms. The van der Waals surface area contributed by atoms with E-state index in [9.17, 15) is 40.5 Å². The van der Waals surface area contributed by atoms with Gasteiger partial charge >= 0.3 is 0 Å². The second-order valence-corrected chi connectivity index (χ2v) is 5.45. The van der Waals surface area contributed by atoms with Crippen LogP contribution in [0, 0.1) is 0 Å². The second kappa shape index (κ2) is 8.60. The predicted molar refractivity (Wildman–Crippen MR) is 97.1 cm³/mol. The first-order valence-corrected chi connectivity index (χ1v) is 7.71. The van der Waals surface area contributed by atoms with Gasteiger partial charge in [0, 0.05) is 17.3 Å². The van der Waals surface area contributed by atoms with E-state index in [4.69, 9.17) is 0 Å². The first-order chi connectivity index (χ1) is 13.3. The Labute approximate surface area is 157 Å². The van der Waals surface area contributed by atoms with E-state index in [0.717, 1.165) is 24.6 Å². The fraction of sp³-hybridized carbons (Fsp3) is 0.118. The number of rotatable bonds is 6. The topological polar surface area (TPSA) is 195 Å². The van der Waals surface area contributed by atoms with Crippen molar-refractivity contribution in [2.45, 2.75) is 6.04 Å². The van der Waals surface area contributed by atoms with Crippen LogP contribution >= 0.6 is 0 Å². The molecule has 1 unspecified atom stereocenters. The fourth-order valence-corrected chi connectivity index (χ4v) is 1.99. The maximum Gasteiger partial charge on any atom is 0.267 e. The molecule has 8 N–H and O–H groups in total. The van der Waals surface area contributed by atoms with E-state index in [1.807, 2.05) is 0 Å². The Morgan fingerprint density at radius 3 is 1.86 bits per heavy atom. The molecule has 2 rings (SSSR count). The highest BCUT2D eigenvalue weighted by atomic mass is 16.3. The molecule has 0 saturated heterocycles. The monoisotopic (exact) mass is 391 g/mol. The minimum atomic E-state index is -1.31. The largest absolute Gasteiger partial charge is 0.504 e. The number of phenolic OH excluding ortho intramolecular Hbond substituents is 6. The van der Waals surface area contributed by atoms with E-state index in [1.165, 1.54) is 12.1 Å². The van der Waals surface area contributed by atoms with Crippen LogP contribution in [0.15, 0.2) is 34.4 Å². The number of aliphatic hydroxyl groups excluding tert-OH is 1. The minimum absolute atomic E-state index is 0.00383. The summed E-state index contributed by atoms with van der Waals surface area (Å²) in [5.74, 6) is -4.69. The number of aromatic hydroxyl groups is 6. The molecule has 0 radical (unpaired) electrons. The zero-order valence-electron chi connectivity index (χ0n) is 14.2. The van der Waals surface area contributed by atoms with Gasteiger partial charge in [-0.25, -0.2) is 5.43 Å². The van der Waals surface area contributed by atoms with Crippen LogP contribution in [0.5, 0.6) is 34.5 Å². The lowest BCUT2D eigenvalue weighted by molar-refractivity contribution is -0.123. The van der Waals surface area contributed by atoms with Gasteiger partial charge in [0.05, 0.1) is 12.8 Å². The molecule has 11 nitrogen and oxygen atoms in total. The molecule has 0 fully saturated rings. The lowest BCUT2D eigenvalue weighted by Gasteiger charge is -2.08. The van der Waals surface area contributed by atoms with Crippen LogP contribution in [0.4, 0.5) is 0 Å². The number of aliphatic imine (C=N–C) groups is 1.